The van der Waals surface area contributed by atoms with Crippen molar-refractivity contribution in [2.24, 2.45) is 0 Å². The summed E-state index contributed by atoms with van der Waals surface area (Å²) >= 11 is 1.10. The molecule has 266 valence electrons. The number of fused-ring (bicyclic) bond motifs is 2. The molecule has 4 aromatic heterocycles. The molecule has 11 nitrogen and oxygen atoms in total. The molecule has 1 amide bonds. The lowest BCUT2D eigenvalue weighted by Gasteiger charge is -2.20. The van der Waals surface area contributed by atoms with Crippen LogP contribution in [0.5, 0.6) is 5.88 Å². The quantitative estimate of drug-likeness (QED) is 0.117. The van der Waals surface area contributed by atoms with Gasteiger partial charge in [0.05, 0.1) is 29.2 Å². The number of ether oxygens (including phenoxy) is 2. The summed E-state index contributed by atoms with van der Waals surface area (Å²) in [5.74, 6) is 0.964. The monoisotopic (exact) mass is 710 g/mol. The molecule has 51 heavy (non-hydrogen) atoms. The van der Waals surface area contributed by atoms with Crippen LogP contribution in [0.25, 0.3) is 21.9 Å². The van der Waals surface area contributed by atoms with Crippen LogP contribution in [-0.4, -0.2) is 62.8 Å². The molecule has 1 atom stereocenters. The number of benzene rings is 2. The molecule has 7 rings (SSSR count). The molecule has 1 saturated heterocycles. The maximum Gasteiger partial charge on any atom is 0.213 e. The van der Waals surface area contributed by atoms with Crippen molar-refractivity contribution in [2.75, 3.05) is 25.5 Å². The third kappa shape index (κ3) is 10.4. The number of imidazole rings is 1. The van der Waals surface area contributed by atoms with Gasteiger partial charge in [-0.15, -0.1) is 11.3 Å². The number of carbonyl (C=O) groups excluding carboxylic acids is 1. The first-order valence-corrected chi connectivity index (χ1v) is 17.6. The summed E-state index contributed by atoms with van der Waals surface area (Å²) in [6, 6.07) is 18.9. The maximum absolute atomic E-state index is 13.5. The summed E-state index contributed by atoms with van der Waals surface area (Å²) in [6.07, 6.45) is 4.28. The van der Waals surface area contributed by atoms with Crippen LogP contribution in [0.4, 0.5) is 10.1 Å². The Labute approximate surface area is 300 Å². The molecule has 6 aromatic rings. The van der Waals surface area contributed by atoms with Gasteiger partial charge in [-0.1, -0.05) is 12.1 Å². The number of nitrogens with one attached hydrogen (secondary N) is 3. The summed E-state index contributed by atoms with van der Waals surface area (Å²) < 4.78 is 24.1. The van der Waals surface area contributed by atoms with E-state index in [1.54, 1.807) is 6.07 Å². The summed E-state index contributed by atoms with van der Waals surface area (Å²) in [4.78, 5) is 25.9. The average Bonchev–Trinajstić information content (AvgIpc) is 3.79. The second-order valence-corrected chi connectivity index (χ2v) is 13.7. The fourth-order valence-corrected chi connectivity index (χ4v) is 6.17. The molecule has 0 aliphatic carbocycles. The number of halogens is 1. The summed E-state index contributed by atoms with van der Waals surface area (Å²) in [5.41, 5.74) is 8.06. The van der Waals surface area contributed by atoms with E-state index in [0.717, 1.165) is 94.3 Å². The molecule has 2 aromatic carbocycles. The number of amides is 1. The molecule has 13 heteroatoms. The minimum atomic E-state index is -0.500. The number of aryl methyl sites for hydroxylation is 4. The Morgan fingerprint density at radius 3 is 2.69 bits per heavy atom. The number of nitrogens with zero attached hydrogens (tertiary/aromatic N) is 5. The summed E-state index contributed by atoms with van der Waals surface area (Å²) in [5, 5.41) is 19.6. The summed E-state index contributed by atoms with van der Waals surface area (Å²) in [7, 11) is 2.08. The Kier molecular flexibility index (Phi) is 12.9. The van der Waals surface area contributed by atoms with E-state index >= 15 is 0 Å². The largest absolute Gasteiger partial charge is 0.472 e. The van der Waals surface area contributed by atoms with Gasteiger partial charge < -0.3 is 19.8 Å². The van der Waals surface area contributed by atoms with Crippen molar-refractivity contribution in [1.82, 2.24) is 30.0 Å². The lowest BCUT2D eigenvalue weighted by Crippen LogP contribution is -2.22. The van der Waals surface area contributed by atoms with Gasteiger partial charge in [0.1, 0.15) is 23.4 Å². The van der Waals surface area contributed by atoms with E-state index in [9.17, 15) is 9.18 Å². The first-order chi connectivity index (χ1) is 24.6. The number of pyridine rings is 1. The van der Waals surface area contributed by atoms with Crippen LogP contribution in [0.3, 0.4) is 0 Å². The molecule has 5 heterocycles. The van der Waals surface area contributed by atoms with Crippen molar-refractivity contribution in [3.05, 3.63) is 98.5 Å². The molecule has 0 unspecified atom stereocenters. The third-order valence-electron chi connectivity index (χ3n) is 8.25. The Morgan fingerprint density at radius 2 is 1.98 bits per heavy atom. The van der Waals surface area contributed by atoms with Crippen molar-refractivity contribution < 1.29 is 18.7 Å². The molecular formula is C38H43FN8O3S. The van der Waals surface area contributed by atoms with Gasteiger partial charge in [-0.25, -0.2) is 14.4 Å². The Bertz CT molecular complexity index is 2110. The van der Waals surface area contributed by atoms with Gasteiger partial charge in [0.25, 0.3) is 0 Å². The fourth-order valence-electron chi connectivity index (χ4n) is 5.42. The van der Waals surface area contributed by atoms with Gasteiger partial charge in [-0.05, 0) is 108 Å². The Hall–Kier alpha value is -5.16. The highest BCUT2D eigenvalue weighted by molar-refractivity contribution is 7.12. The molecule has 1 fully saturated rings. The van der Waals surface area contributed by atoms with Crippen LogP contribution >= 0.6 is 11.3 Å². The van der Waals surface area contributed by atoms with Crippen molar-refractivity contribution >= 4 is 45.4 Å². The highest BCUT2D eigenvalue weighted by atomic mass is 32.1. The number of carbonyl (C=O) groups is 1. The predicted molar refractivity (Wildman–Crippen MR) is 198 cm³/mol. The number of H-pyrrole nitrogens is 2. The van der Waals surface area contributed by atoms with Gasteiger partial charge >= 0.3 is 0 Å². The van der Waals surface area contributed by atoms with Crippen molar-refractivity contribution in [3.8, 4) is 11.9 Å². The van der Waals surface area contributed by atoms with Crippen molar-refractivity contribution in [1.29, 1.82) is 5.26 Å². The zero-order valence-corrected chi connectivity index (χ0v) is 30.4. The molecule has 1 aliphatic heterocycles. The number of aromatic amines is 2. The van der Waals surface area contributed by atoms with E-state index in [1.807, 2.05) is 50.2 Å². The number of nitriles is 1. The van der Waals surface area contributed by atoms with Crippen LogP contribution in [0.2, 0.25) is 0 Å². The minimum Gasteiger partial charge on any atom is -0.472 e. The second-order valence-electron chi connectivity index (χ2n) is 12.6. The molecule has 3 N–H and O–H groups in total. The predicted octanol–water partition coefficient (Wildman–Crippen LogP) is 7.53. The van der Waals surface area contributed by atoms with Crippen LogP contribution in [0.1, 0.15) is 57.9 Å². The smallest absolute Gasteiger partial charge is 0.213 e. The molecule has 0 saturated carbocycles. The zero-order valence-electron chi connectivity index (χ0n) is 29.5. The standard InChI is InChI=1S/C24H24FN5OS.C10H11N3O.C4H8O/c1-16-8-9-20-21(11-16)29-23(28-20)14-30(2)10-4-6-17-5-3-7-24(27-17)31-15-18-12-19(25)22(13-26)32-18;1-6-3-8(11-5-14)4-9-7(2)12-13-10(6)9;1-4-2-3-5-4/h3,5,7-9,11-12H,4,6,10,14-15H2,1-2H3,(H,28,29);3-5H,1-2H3,(H,11,14)(H,12,13);4H,2-3H2,1H3/t;;4-/m..1/s1. The number of hydrogen-bond donors (Lipinski definition) is 3. The lowest BCUT2D eigenvalue weighted by atomic mass is 10.1. The average molecular weight is 711 g/mol. The van der Waals surface area contributed by atoms with E-state index < -0.39 is 5.82 Å². The van der Waals surface area contributed by atoms with Gasteiger partial charge in [0.2, 0.25) is 12.3 Å². The summed E-state index contributed by atoms with van der Waals surface area (Å²) in [6.45, 7) is 10.9. The van der Waals surface area contributed by atoms with E-state index in [2.05, 4.69) is 68.4 Å². The van der Waals surface area contributed by atoms with E-state index in [4.69, 9.17) is 14.7 Å². The third-order valence-corrected chi connectivity index (χ3v) is 9.24. The minimum absolute atomic E-state index is 0.0761. The SMILES string of the molecule is C[C@@H]1CCO1.Cc1[nH]nc2c(C)cc(NC=O)cc12.Cc1ccc2nc(CN(C)CCCc3cccc(OCc4cc(F)c(C#N)s4)n3)[nH]c2c1. The van der Waals surface area contributed by atoms with E-state index in [0.29, 0.717) is 23.3 Å². The van der Waals surface area contributed by atoms with Gasteiger partial charge in [-0.3, -0.25) is 14.8 Å². The van der Waals surface area contributed by atoms with Crippen LogP contribution in [0.15, 0.2) is 54.6 Å². The number of rotatable bonds is 11. The first kappa shape index (κ1) is 37.1. The maximum atomic E-state index is 13.5. The topological polar surface area (TPSA) is 145 Å². The fraction of sp³-hybridized carbons (Fsp3) is 0.342. The van der Waals surface area contributed by atoms with Crippen LogP contribution in [-0.2, 0) is 29.1 Å². The molecule has 0 radical (unpaired) electrons. The van der Waals surface area contributed by atoms with Crippen molar-refractivity contribution in [3.63, 3.8) is 0 Å². The lowest BCUT2D eigenvalue weighted by molar-refractivity contribution is -0.105. The van der Waals surface area contributed by atoms with E-state index in [1.165, 1.54) is 18.1 Å². The van der Waals surface area contributed by atoms with E-state index in [-0.39, 0.29) is 11.5 Å². The van der Waals surface area contributed by atoms with Gasteiger partial charge in [0, 0.05) is 40.0 Å². The van der Waals surface area contributed by atoms with Gasteiger partial charge in [-0.2, -0.15) is 10.4 Å². The molecule has 1 aliphatic rings. The second kappa shape index (κ2) is 17.7. The molecule has 0 spiro atoms. The number of thiophene rings is 1. The first-order valence-electron chi connectivity index (χ1n) is 16.8. The molecular weight excluding hydrogens is 668 g/mol. The van der Waals surface area contributed by atoms with Crippen LogP contribution < -0.4 is 10.1 Å². The van der Waals surface area contributed by atoms with Crippen LogP contribution in [0, 0.1) is 37.9 Å². The molecule has 0 bridgehead atoms. The highest BCUT2D eigenvalue weighted by Gasteiger charge is 2.11. The number of hydrogen-bond acceptors (Lipinski definition) is 9. The Morgan fingerprint density at radius 1 is 1.18 bits per heavy atom. The van der Waals surface area contributed by atoms with Crippen molar-refractivity contribution in [2.45, 2.75) is 66.2 Å². The number of anilines is 1. The normalized spacial score (nSPS) is 13.5. The number of aromatic nitrogens is 5. The van der Waals surface area contributed by atoms with Gasteiger partial charge in [0.15, 0.2) is 5.82 Å². The Balaban J connectivity index is 0.000000216. The zero-order chi connectivity index (χ0) is 36.3. The highest BCUT2D eigenvalue weighted by Crippen LogP contribution is 2.24.